The van der Waals surface area contributed by atoms with Crippen LogP contribution in [0.4, 0.5) is 0 Å². The number of piperidine rings is 1. The number of rotatable bonds is 7. The molecule has 28 heavy (non-hydrogen) atoms. The molecule has 5 nitrogen and oxygen atoms in total. The van der Waals surface area contributed by atoms with Crippen LogP contribution in [0.2, 0.25) is 0 Å². The third kappa shape index (κ3) is 4.75. The van der Waals surface area contributed by atoms with Gasteiger partial charge < -0.3 is 19.6 Å². The Bertz CT molecular complexity index is 487. The second-order valence-corrected chi connectivity index (χ2v) is 10.5. The van der Waals surface area contributed by atoms with Crippen molar-refractivity contribution in [2.45, 2.75) is 32.7 Å². The fourth-order valence-corrected chi connectivity index (χ4v) is 6.62. The summed E-state index contributed by atoms with van der Waals surface area (Å²) >= 11 is 0. The normalized spacial score (nSPS) is 35.8. The smallest absolute Gasteiger partial charge is 0.0266 e. The van der Waals surface area contributed by atoms with Crippen molar-refractivity contribution in [3.8, 4) is 0 Å². The first kappa shape index (κ1) is 21.0. The zero-order valence-electron chi connectivity index (χ0n) is 19.0. The van der Waals surface area contributed by atoms with Crippen molar-refractivity contribution < 1.29 is 0 Å². The van der Waals surface area contributed by atoms with Gasteiger partial charge >= 0.3 is 0 Å². The van der Waals surface area contributed by atoms with Gasteiger partial charge in [-0.2, -0.15) is 0 Å². The van der Waals surface area contributed by atoms with Gasteiger partial charge in [0.2, 0.25) is 0 Å². The van der Waals surface area contributed by atoms with Crippen LogP contribution in [-0.2, 0) is 0 Å². The highest BCUT2D eigenvalue weighted by molar-refractivity contribution is 4.96. The largest absolute Gasteiger partial charge is 0.306 e. The monoisotopic (exact) mass is 391 g/mol. The zero-order valence-corrected chi connectivity index (χ0v) is 19.0. The minimum absolute atomic E-state index is 0.774. The fourth-order valence-electron chi connectivity index (χ4n) is 6.62. The molecule has 4 rings (SSSR count). The minimum atomic E-state index is 0.774. The van der Waals surface area contributed by atoms with E-state index in [1.807, 2.05) is 0 Å². The van der Waals surface area contributed by atoms with Crippen molar-refractivity contribution in [3.63, 3.8) is 0 Å². The third-order valence-corrected chi connectivity index (χ3v) is 8.26. The van der Waals surface area contributed by atoms with Crippen molar-refractivity contribution >= 4 is 0 Å². The lowest BCUT2D eigenvalue weighted by molar-refractivity contribution is -0.0344. The van der Waals surface area contributed by atoms with Crippen LogP contribution in [0.3, 0.4) is 0 Å². The molecule has 4 aliphatic rings. The predicted octanol–water partition coefficient (Wildman–Crippen LogP) is 1.46. The summed E-state index contributed by atoms with van der Waals surface area (Å²) in [5.74, 6) is 3.62. The summed E-state index contributed by atoms with van der Waals surface area (Å²) in [6, 6.07) is 0.774. The fraction of sp³-hybridized carbons (Fsp3) is 1.00. The van der Waals surface area contributed by atoms with Crippen LogP contribution in [0.5, 0.6) is 0 Å². The molecular weight excluding hydrogens is 346 g/mol. The quantitative estimate of drug-likeness (QED) is 0.651. The molecule has 3 unspecified atom stereocenters. The van der Waals surface area contributed by atoms with E-state index in [1.165, 1.54) is 91.4 Å². The van der Waals surface area contributed by atoms with Crippen molar-refractivity contribution in [1.29, 1.82) is 0 Å². The number of piperazine rings is 1. The predicted molar refractivity (Wildman–Crippen MR) is 118 cm³/mol. The molecule has 0 aromatic carbocycles. The van der Waals surface area contributed by atoms with Gasteiger partial charge in [0.05, 0.1) is 0 Å². The molecule has 0 spiro atoms. The molecule has 4 fully saturated rings. The van der Waals surface area contributed by atoms with Gasteiger partial charge in [-0.15, -0.1) is 0 Å². The van der Waals surface area contributed by atoms with Gasteiger partial charge in [-0.05, 0) is 57.3 Å². The molecule has 5 heteroatoms. The van der Waals surface area contributed by atoms with Crippen LogP contribution in [0.15, 0.2) is 0 Å². The molecule has 0 radical (unpaired) electrons. The van der Waals surface area contributed by atoms with Crippen molar-refractivity contribution in [3.05, 3.63) is 0 Å². The van der Waals surface area contributed by atoms with Crippen LogP contribution in [0, 0.1) is 23.7 Å². The van der Waals surface area contributed by atoms with Crippen LogP contribution >= 0.6 is 0 Å². The van der Waals surface area contributed by atoms with Gasteiger partial charge in [0.25, 0.3) is 0 Å². The topological polar surface area (TPSA) is 16.2 Å². The Balaban J connectivity index is 1.41. The molecule has 0 N–H and O–H groups in total. The summed E-state index contributed by atoms with van der Waals surface area (Å²) in [5.41, 5.74) is 0. The van der Waals surface area contributed by atoms with Crippen LogP contribution < -0.4 is 0 Å². The van der Waals surface area contributed by atoms with E-state index >= 15 is 0 Å². The summed E-state index contributed by atoms with van der Waals surface area (Å²) < 4.78 is 0. The van der Waals surface area contributed by atoms with Crippen molar-refractivity contribution in [1.82, 2.24) is 24.5 Å². The Morgan fingerprint density at radius 1 is 0.714 bits per heavy atom. The number of likely N-dealkylation sites (tertiary alicyclic amines) is 3. The lowest BCUT2D eigenvalue weighted by Gasteiger charge is -2.52. The summed E-state index contributed by atoms with van der Waals surface area (Å²) in [4.78, 5) is 13.4. The lowest BCUT2D eigenvalue weighted by Crippen LogP contribution is -2.63. The first-order chi connectivity index (χ1) is 13.6. The van der Waals surface area contributed by atoms with Crippen LogP contribution in [0.1, 0.15) is 26.7 Å². The van der Waals surface area contributed by atoms with Gasteiger partial charge in [0.15, 0.2) is 0 Å². The Hall–Kier alpha value is -0.200. The third-order valence-electron chi connectivity index (χ3n) is 8.26. The van der Waals surface area contributed by atoms with E-state index < -0.39 is 0 Å². The van der Waals surface area contributed by atoms with Crippen LogP contribution in [-0.4, -0.2) is 123 Å². The molecule has 162 valence electrons. The Morgan fingerprint density at radius 3 is 2.00 bits per heavy atom. The van der Waals surface area contributed by atoms with Gasteiger partial charge in [-0.1, -0.05) is 20.3 Å². The zero-order chi connectivity index (χ0) is 19.7. The molecule has 4 saturated heterocycles. The SMILES string of the molecule is CCC1CCN(CC2CN(C)C2)CC1C1CN(CC)CCN1CC1CN(C)C1. The summed E-state index contributed by atoms with van der Waals surface area (Å²) in [6.07, 6.45) is 2.79. The van der Waals surface area contributed by atoms with E-state index in [-0.39, 0.29) is 0 Å². The molecule has 4 heterocycles. The average Bonchev–Trinajstić information content (AvgIpc) is 2.65. The maximum absolute atomic E-state index is 2.93. The van der Waals surface area contributed by atoms with E-state index in [4.69, 9.17) is 0 Å². The number of likely N-dealkylation sites (N-methyl/N-ethyl adjacent to an activating group) is 1. The number of hydrogen-bond donors (Lipinski definition) is 0. The molecule has 4 aliphatic heterocycles. The highest BCUT2D eigenvalue weighted by Gasteiger charge is 2.41. The standard InChI is InChI=1S/C23H45N5/c1-5-21-7-8-27(15-19-11-24(3)12-19)17-22(21)23-18-26(6-2)9-10-28(23)16-20-13-25(4)14-20/h19-23H,5-18H2,1-4H3. The first-order valence-electron chi connectivity index (χ1n) is 12.1. The van der Waals surface area contributed by atoms with Gasteiger partial charge in [0.1, 0.15) is 0 Å². The van der Waals surface area contributed by atoms with Crippen molar-refractivity contribution in [2.24, 2.45) is 23.7 Å². The molecule has 0 aromatic heterocycles. The average molecular weight is 392 g/mol. The molecule has 0 aromatic rings. The second-order valence-electron chi connectivity index (χ2n) is 10.5. The van der Waals surface area contributed by atoms with E-state index in [9.17, 15) is 0 Å². The van der Waals surface area contributed by atoms with Gasteiger partial charge in [0, 0.05) is 71.5 Å². The summed E-state index contributed by atoms with van der Waals surface area (Å²) in [6.45, 7) is 20.5. The lowest BCUT2D eigenvalue weighted by atomic mass is 9.77. The molecule has 0 amide bonds. The molecular formula is C23H45N5. The summed E-state index contributed by atoms with van der Waals surface area (Å²) in [7, 11) is 4.53. The van der Waals surface area contributed by atoms with Gasteiger partial charge in [-0.25, -0.2) is 0 Å². The highest BCUT2D eigenvalue weighted by atomic mass is 15.3. The van der Waals surface area contributed by atoms with Crippen molar-refractivity contribution in [2.75, 3.05) is 92.6 Å². The van der Waals surface area contributed by atoms with E-state index in [0.29, 0.717) is 0 Å². The number of hydrogen-bond acceptors (Lipinski definition) is 5. The minimum Gasteiger partial charge on any atom is -0.306 e. The Labute approximate surface area is 174 Å². The van der Waals surface area contributed by atoms with Crippen LogP contribution in [0.25, 0.3) is 0 Å². The Morgan fingerprint density at radius 2 is 1.39 bits per heavy atom. The first-order valence-corrected chi connectivity index (χ1v) is 12.1. The highest BCUT2D eigenvalue weighted by Crippen LogP contribution is 2.34. The maximum Gasteiger partial charge on any atom is 0.0266 e. The molecule has 0 saturated carbocycles. The molecule has 0 aliphatic carbocycles. The Kier molecular flexibility index (Phi) is 6.99. The molecule has 0 bridgehead atoms. The van der Waals surface area contributed by atoms with E-state index in [1.54, 1.807) is 0 Å². The van der Waals surface area contributed by atoms with E-state index in [0.717, 1.165) is 29.7 Å². The molecule has 3 atom stereocenters. The summed E-state index contributed by atoms with van der Waals surface area (Å²) in [5, 5.41) is 0. The second kappa shape index (κ2) is 9.30. The van der Waals surface area contributed by atoms with Gasteiger partial charge in [-0.3, -0.25) is 4.90 Å². The number of nitrogens with zero attached hydrogens (tertiary/aromatic N) is 5. The maximum atomic E-state index is 2.93. The van der Waals surface area contributed by atoms with E-state index in [2.05, 4.69) is 52.4 Å².